The van der Waals surface area contributed by atoms with Crippen molar-refractivity contribution < 1.29 is 4.79 Å². The minimum Gasteiger partial charge on any atom is -0.304 e. The third kappa shape index (κ3) is 2.54. The van der Waals surface area contributed by atoms with E-state index < -0.39 is 0 Å². The van der Waals surface area contributed by atoms with Gasteiger partial charge in [0.15, 0.2) is 0 Å². The third-order valence-corrected chi connectivity index (χ3v) is 2.79. The molecule has 0 spiro atoms. The SMILES string of the molecule is CN1CCN(C(Br)C=O)CC1. The van der Waals surface area contributed by atoms with Gasteiger partial charge in [-0.3, -0.25) is 4.90 Å². The van der Waals surface area contributed by atoms with Crippen LogP contribution in [0.1, 0.15) is 0 Å². The first-order chi connectivity index (χ1) is 5.24. The number of carbonyl (C=O) groups is 1. The summed E-state index contributed by atoms with van der Waals surface area (Å²) in [5.41, 5.74) is 0. The molecule has 0 aromatic carbocycles. The van der Waals surface area contributed by atoms with E-state index in [0.29, 0.717) is 0 Å². The fourth-order valence-corrected chi connectivity index (χ4v) is 1.56. The van der Waals surface area contributed by atoms with Crippen molar-refractivity contribution in [3.05, 3.63) is 0 Å². The summed E-state index contributed by atoms with van der Waals surface area (Å²) in [7, 11) is 2.10. The molecule has 3 nitrogen and oxygen atoms in total. The fourth-order valence-electron chi connectivity index (χ4n) is 1.15. The summed E-state index contributed by atoms with van der Waals surface area (Å²) in [6, 6.07) is 0. The summed E-state index contributed by atoms with van der Waals surface area (Å²) in [5.74, 6) is 0. The van der Waals surface area contributed by atoms with E-state index in [4.69, 9.17) is 0 Å². The molecule has 0 bridgehead atoms. The molecule has 1 atom stereocenters. The van der Waals surface area contributed by atoms with Crippen molar-refractivity contribution in [2.45, 2.75) is 4.95 Å². The number of likely N-dealkylation sites (N-methyl/N-ethyl adjacent to an activating group) is 1. The van der Waals surface area contributed by atoms with E-state index in [1.165, 1.54) is 0 Å². The van der Waals surface area contributed by atoms with E-state index in [2.05, 4.69) is 32.8 Å². The summed E-state index contributed by atoms with van der Waals surface area (Å²) in [4.78, 5) is 14.7. The topological polar surface area (TPSA) is 23.6 Å². The number of halogens is 1. The zero-order valence-corrected chi connectivity index (χ0v) is 8.25. The van der Waals surface area contributed by atoms with Crippen LogP contribution in [0.3, 0.4) is 0 Å². The molecule has 0 aromatic rings. The van der Waals surface area contributed by atoms with E-state index >= 15 is 0 Å². The van der Waals surface area contributed by atoms with Crippen LogP contribution in [0, 0.1) is 0 Å². The summed E-state index contributed by atoms with van der Waals surface area (Å²) < 4.78 is 0. The summed E-state index contributed by atoms with van der Waals surface area (Å²) in [5, 5.41) is 0. The van der Waals surface area contributed by atoms with Gasteiger partial charge in [-0.25, -0.2) is 0 Å². The first-order valence-electron chi connectivity index (χ1n) is 3.76. The van der Waals surface area contributed by atoms with Crippen molar-refractivity contribution in [2.75, 3.05) is 33.2 Å². The van der Waals surface area contributed by atoms with Crippen molar-refractivity contribution >= 4 is 22.2 Å². The van der Waals surface area contributed by atoms with Crippen LogP contribution in [0.25, 0.3) is 0 Å². The zero-order chi connectivity index (χ0) is 8.27. The van der Waals surface area contributed by atoms with Crippen molar-refractivity contribution in [2.24, 2.45) is 0 Å². The second-order valence-electron chi connectivity index (χ2n) is 2.85. The Balaban J connectivity index is 2.32. The molecule has 1 aliphatic rings. The highest BCUT2D eigenvalue weighted by molar-refractivity contribution is 9.09. The van der Waals surface area contributed by atoms with E-state index in [0.717, 1.165) is 32.5 Å². The lowest BCUT2D eigenvalue weighted by atomic mass is 10.3. The fraction of sp³-hybridized carbons (Fsp3) is 0.857. The minimum absolute atomic E-state index is 0.0869. The van der Waals surface area contributed by atoms with Gasteiger partial charge in [-0.2, -0.15) is 0 Å². The normalized spacial score (nSPS) is 24.9. The van der Waals surface area contributed by atoms with Crippen LogP contribution in [-0.2, 0) is 4.79 Å². The van der Waals surface area contributed by atoms with Crippen LogP contribution in [-0.4, -0.2) is 54.3 Å². The molecule has 1 saturated heterocycles. The average molecular weight is 221 g/mol. The monoisotopic (exact) mass is 220 g/mol. The minimum atomic E-state index is -0.0869. The number of piperazine rings is 1. The first-order valence-corrected chi connectivity index (χ1v) is 4.67. The van der Waals surface area contributed by atoms with Gasteiger partial charge < -0.3 is 9.69 Å². The average Bonchev–Trinajstić information content (AvgIpc) is 2.05. The Bertz CT molecular complexity index is 134. The Morgan fingerprint density at radius 2 is 1.91 bits per heavy atom. The van der Waals surface area contributed by atoms with Crippen LogP contribution >= 0.6 is 15.9 Å². The quantitative estimate of drug-likeness (QED) is 0.377. The molecule has 1 rings (SSSR count). The van der Waals surface area contributed by atoms with Crippen molar-refractivity contribution in [1.82, 2.24) is 9.80 Å². The number of nitrogens with zero attached hydrogens (tertiary/aromatic N) is 2. The second-order valence-corrected chi connectivity index (χ2v) is 3.79. The molecule has 1 unspecified atom stereocenters. The molecule has 0 saturated carbocycles. The van der Waals surface area contributed by atoms with E-state index in [-0.39, 0.29) is 4.95 Å². The molecule has 0 radical (unpaired) electrons. The highest BCUT2D eigenvalue weighted by atomic mass is 79.9. The molecule has 1 fully saturated rings. The van der Waals surface area contributed by atoms with Crippen LogP contribution in [0.5, 0.6) is 0 Å². The van der Waals surface area contributed by atoms with Crippen molar-refractivity contribution in [3.63, 3.8) is 0 Å². The molecule has 0 amide bonds. The maximum atomic E-state index is 10.4. The number of hydrogen-bond donors (Lipinski definition) is 0. The lowest BCUT2D eigenvalue weighted by molar-refractivity contribution is -0.110. The summed E-state index contributed by atoms with van der Waals surface area (Å²) >= 11 is 3.30. The molecule has 4 heteroatoms. The van der Waals surface area contributed by atoms with Crippen molar-refractivity contribution in [1.29, 1.82) is 0 Å². The van der Waals surface area contributed by atoms with Gasteiger partial charge in [0.2, 0.25) is 0 Å². The molecule has 1 aliphatic heterocycles. The van der Waals surface area contributed by atoms with Crippen LogP contribution in [0.4, 0.5) is 0 Å². The number of rotatable bonds is 2. The van der Waals surface area contributed by atoms with Gasteiger partial charge in [0.25, 0.3) is 0 Å². The number of carbonyl (C=O) groups excluding carboxylic acids is 1. The first kappa shape index (κ1) is 9.16. The molecule has 64 valence electrons. The maximum absolute atomic E-state index is 10.4. The molecule has 0 aliphatic carbocycles. The Kier molecular flexibility index (Phi) is 3.48. The summed E-state index contributed by atoms with van der Waals surface area (Å²) in [6.07, 6.45) is 0.936. The molecule has 11 heavy (non-hydrogen) atoms. The third-order valence-electron chi connectivity index (χ3n) is 2.00. The van der Waals surface area contributed by atoms with Crippen LogP contribution in [0.15, 0.2) is 0 Å². The highest BCUT2D eigenvalue weighted by Gasteiger charge is 2.18. The highest BCUT2D eigenvalue weighted by Crippen LogP contribution is 2.07. The molecular weight excluding hydrogens is 208 g/mol. The lowest BCUT2D eigenvalue weighted by Crippen LogP contribution is -2.47. The Morgan fingerprint density at radius 3 is 2.36 bits per heavy atom. The molecule has 0 N–H and O–H groups in total. The molecule has 0 aromatic heterocycles. The Hall–Kier alpha value is 0.0700. The van der Waals surface area contributed by atoms with Gasteiger partial charge in [-0.15, -0.1) is 0 Å². The zero-order valence-electron chi connectivity index (χ0n) is 6.66. The second kappa shape index (κ2) is 4.18. The predicted molar refractivity (Wildman–Crippen MR) is 47.8 cm³/mol. The molecule has 1 heterocycles. The number of alkyl halides is 1. The molecular formula is C7H13BrN2O. The Labute approximate surface area is 75.5 Å². The van der Waals surface area contributed by atoms with Gasteiger partial charge in [-0.05, 0) is 7.05 Å². The maximum Gasteiger partial charge on any atom is 0.148 e. The summed E-state index contributed by atoms with van der Waals surface area (Å²) in [6.45, 7) is 4.06. The van der Waals surface area contributed by atoms with Gasteiger partial charge in [-0.1, -0.05) is 15.9 Å². The number of aldehydes is 1. The van der Waals surface area contributed by atoms with Crippen LogP contribution < -0.4 is 0 Å². The van der Waals surface area contributed by atoms with Crippen molar-refractivity contribution in [3.8, 4) is 0 Å². The van der Waals surface area contributed by atoms with Gasteiger partial charge >= 0.3 is 0 Å². The standard InChI is InChI=1S/C7H13BrN2O/c1-9-2-4-10(5-3-9)7(8)6-11/h6-7H,2-5H2,1H3. The van der Waals surface area contributed by atoms with Gasteiger partial charge in [0, 0.05) is 26.2 Å². The van der Waals surface area contributed by atoms with Gasteiger partial charge in [0.1, 0.15) is 11.2 Å². The largest absolute Gasteiger partial charge is 0.304 e. The van der Waals surface area contributed by atoms with E-state index in [9.17, 15) is 4.79 Å². The Morgan fingerprint density at radius 1 is 1.36 bits per heavy atom. The van der Waals surface area contributed by atoms with Gasteiger partial charge in [0.05, 0.1) is 0 Å². The van der Waals surface area contributed by atoms with Crippen LogP contribution in [0.2, 0.25) is 0 Å². The smallest absolute Gasteiger partial charge is 0.148 e. The number of hydrogen-bond acceptors (Lipinski definition) is 3. The predicted octanol–water partition coefficient (Wildman–Crippen LogP) is 0.154. The van der Waals surface area contributed by atoms with E-state index in [1.54, 1.807) is 0 Å². The lowest BCUT2D eigenvalue weighted by Gasteiger charge is -2.33. The van der Waals surface area contributed by atoms with E-state index in [1.807, 2.05) is 0 Å².